The fourth-order valence-corrected chi connectivity index (χ4v) is 4.30. The summed E-state index contributed by atoms with van der Waals surface area (Å²) in [7, 11) is 3.07. The molecule has 7 heteroatoms. The molecule has 4 rings (SSSR count). The number of aromatic nitrogens is 1. The van der Waals surface area contributed by atoms with Crippen molar-refractivity contribution in [3.63, 3.8) is 0 Å². The van der Waals surface area contributed by atoms with E-state index in [1.54, 1.807) is 42.5 Å². The second kappa shape index (κ2) is 8.59. The molecule has 0 atom stereocenters. The third-order valence-corrected chi connectivity index (χ3v) is 5.89. The quantitative estimate of drug-likeness (QED) is 0.403. The lowest BCUT2D eigenvalue weighted by atomic mass is 10.1. The van der Waals surface area contributed by atoms with E-state index < -0.39 is 0 Å². The number of benzene rings is 2. The zero-order valence-electron chi connectivity index (χ0n) is 17.0. The Labute approximate surface area is 178 Å². The largest absolute Gasteiger partial charge is 0.493 e. The van der Waals surface area contributed by atoms with Crippen LogP contribution >= 0.6 is 11.3 Å². The summed E-state index contributed by atoms with van der Waals surface area (Å²) >= 11 is 1.48. The minimum Gasteiger partial charge on any atom is -0.493 e. The fourth-order valence-electron chi connectivity index (χ4n) is 3.28. The van der Waals surface area contributed by atoms with E-state index >= 15 is 0 Å². The van der Waals surface area contributed by atoms with Crippen LogP contribution in [0.1, 0.15) is 28.6 Å². The molecule has 4 aromatic rings. The number of aryl methyl sites for hydroxylation is 1. The van der Waals surface area contributed by atoms with Gasteiger partial charge < -0.3 is 13.9 Å². The van der Waals surface area contributed by atoms with Crippen molar-refractivity contribution in [3.8, 4) is 11.5 Å². The number of carbonyl (C=O) groups excluding carboxylic acids is 1. The Morgan fingerprint density at radius 3 is 2.70 bits per heavy atom. The maximum Gasteiger partial charge on any atom is 0.264 e. The molecule has 0 aliphatic rings. The van der Waals surface area contributed by atoms with E-state index in [2.05, 4.69) is 19.1 Å². The van der Waals surface area contributed by atoms with Crippen LogP contribution in [-0.4, -0.2) is 25.1 Å². The zero-order chi connectivity index (χ0) is 21.1. The first-order valence-electron chi connectivity index (χ1n) is 9.59. The lowest BCUT2D eigenvalue weighted by Crippen LogP contribution is -2.30. The van der Waals surface area contributed by atoms with Crippen molar-refractivity contribution in [3.05, 3.63) is 71.7 Å². The van der Waals surface area contributed by atoms with Gasteiger partial charge in [0, 0.05) is 0 Å². The Hall–Kier alpha value is -3.32. The Morgan fingerprint density at radius 2 is 2.00 bits per heavy atom. The lowest BCUT2D eigenvalue weighted by Gasteiger charge is -2.20. The first-order chi connectivity index (χ1) is 14.6. The Bertz CT molecular complexity index is 1170. The van der Waals surface area contributed by atoms with Crippen LogP contribution in [0.5, 0.6) is 11.5 Å². The van der Waals surface area contributed by atoms with Crippen molar-refractivity contribution < 1.29 is 18.7 Å². The van der Waals surface area contributed by atoms with E-state index in [0.29, 0.717) is 28.0 Å². The number of fused-ring (bicyclic) bond motifs is 1. The first kappa shape index (κ1) is 20.0. The summed E-state index contributed by atoms with van der Waals surface area (Å²) in [5.74, 6) is 1.32. The van der Waals surface area contributed by atoms with Crippen LogP contribution in [0.15, 0.2) is 59.2 Å². The number of rotatable bonds is 7. The minimum absolute atomic E-state index is 0.239. The third kappa shape index (κ3) is 3.76. The van der Waals surface area contributed by atoms with Gasteiger partial charge >= 0.3 is 0 Å². The Balaban J connectivity index is 1.80. The van der Waals surface area contributed by atoms with Crippen LogP contribution in [0.4, 0.5) is 5.13 Å². The van der Waals surface area contributed by atoms with E-state index in [1.165, 1.54) is 24.0 Å². The number of hydrogen-bond donors (Lipinski definition) is 0. The van der Waals surface area contributed by atoms with E-state index in [-0.39, 0.29) is 12.5 Å². The van der Waals surface area contributed by atoms with Crippen molar-refractivity contribution >= 4 is 32.6 Å². The lowest BCUT2D eigenvalue weighted by molar-refractivity contribution is 0.0979. The number of furan rings is 1. The van der Waals surface area contributed by atoms with Gasteiger partial charge in [0.1, 0.15) is 5.76 Å². The molecule has 0 aliphatic heterocycles. The van der Waals surface area contributed by atoms with Crippen LogP contribution in [-0.2, 0) is 13.0 Å². The molecule has 6 nitrogen and oxygen atoms in total. The van der Waals surface area contributed by atoms with E-state index in [0.717, 1.165) is 16.6 Å². The summed E-state index contributed by atoms with van der Waals surface area (Å²) < 4.78 is 17.4. The molecule has 0 aliphatic carbocycles. The third-order valence-electron chi connectivity index (χ3n) is 4.85. The molecule has 1 amide bonds. The highest BCUT2D eigenvalue weighted by Crippen LogP contribution is 2.35. The highest BCUT2D eigenvalue weighted by atomic mass is 32.1. The van der Waals surface area contributed by atoms with E-state index in [9.17, 15) is 4.79 Å². The van der Waals surface area contributed by atoms with Crippen LogP contribution in [0.25, 0.3) is 10.2 Å². The van der Waals surface area contributed by atoms with E-state index in [4.69, 9.17) is 18.9 Å². The summed E-state index contributed by atoms with van der Waals surface area (Å²) in [5, 5.41) is 0.601. The molecule has 30 heavy (non-hydrogen) atoms. The molecule has 2 heterocycles. The Kier molecular flexibility index (Phi) is 5.72. The molecule has 0 N–H and O–H groups in total. The van der Waals surface area contributed by atoms with Gasteiger partial charge in [0.15, 0.2) is 16.6 Å². The number of amides is 1. The monoisotopic (exact) mass is 422 g/mol. The molecule has 0 spiro atoms. The molecular weight excluding hydrogens is 400 g/mol. The molecule has 0 unspecified atom stereocenters. The minimum atomic E-state index is -0.239. The number of carbonyl (C=O) groups is 1. The van der Waals surface area contributed by atoms with Gasteiger partial charge in [-0.2, -0.15) is 0 Å². The van der Waals surface area contributed by atoms with Gasteiger partial charge in [-0.3, -0.25) is 9.69 Å². The summed E-state index contributed by atoms with van der Waals surface area (Å²) in [4.78, 5) is 20.0. The number of thiazole rings is 1. The number of ether oxygens (including phenoxy) is 2. The molecule has 2 aromatic carbocycles. The summed E-state index contributed by atoms with van der Waals surface area (Å²) in [5.41, 5.74) is 2.50. The van der Waals surface area contributed by atoms with Gasteiger partial charge in [-0.25, -0.2) is 4.98 Å². The van der Waals surface area contributed by atoms with Crippen molar-refractivity contribution in [2.24, 2.45) is 0 Å². The van der Waals surface area contributed by atoms with Gasteiger partial charge in [-0.15, -0.1) is 0 Å². The SMILES string of the molecule is CCc1ccc2nc(N(Cc3ccco3)C(=O)c3cccc(OC)c3OC)sc2c1. The number of hydrogen-bond acceptors (Lipinski definition) is 6. The predicted molar refractivity (Wildman–Crippen MR) is 118 cm³/mol. The average Bonchev–Trinajstić information content (AvgIpc) is 3.45. The maximum absolute atomic E-state index is 13.6. The standard InChI is InChI=1S/C23H22N2O4S/c1-4-15-10-11-18-20(13-15)30-23(24-18)25(14-16-7-6-12-29-16)22(26)17-8-5-9-19(27-2)21(17)28-3/h5-13H,4,14H2,1-3H3. The van der Waals surface area contributed by atoms with Crippen molar-refractivity contribution in [1.29, 1.82) is 0 Å². The number of methoxy groups -OCH3 is 2. The molecule has 0 radical (unpaired) electrons. The van der Waals surface area contributed by atoms with Gasteiger partial charge in [-0.05, 0) is 48.4 Å². The number of nitrogens with zero attached hydrogens (tertiary/aromatic N) is 2. The maximum atomic E-state index is 13.6. The zero-order valence-corrected chi connectivity index (χ0v) is 17.9. The van der Waals surface area contributed by atoms with E-state index in [1.807, 2.05) is 12.1 Å². The van der Waals surface area contributed by atoms with Gasteiger partial charge in [0.2, 0.25) is 0 Å². The molecular formula is C23H22N2O4S. The molecule has 0 bridgehead atoms. The van der Waals surface area contributed by atoms with Crippen LogP contribution in [0, 0.1) is 0 Å². The van der Waals surface area contributed by atoms with Crippen molar-refractivity contribution in [2.75, 3.05) is 19.1 Å². The smallest absolute Gasteiger partial charge is 0.264 e. The number of anilines is 1. The molecule has 0 saturated carbocycles. The van der Waals surface area contributed by atoms with Crippen molar-refractivity contribution in [2.45, 2.75) is 19.9 Å². The van der Waals surface area contributed by atoms with Gasteiger partial charge in [0.25, 0.3) is 5.91 Å². The molecule has 154 valence electrons. The fraction of sp³-hybridized carbons (Fsp3) is 0.217. The normalized spacial score (nSPS) is 10.9. The molecule has 2 aromatic heterocycles. The van der Waals surface area contributed by atoms with Crippen molar-refractivity contribution in [1.82, 2.24) is 4.98 Å². The average molecular weight is 423 g/mol. The topological polar surface area (TPSA) is 64.8 Å². The summed E-state index contributed by atoms with van der Waals surface area (Å²) in [6.07, 6.45) is 2.54. The second-order valence-electron chi connectivity index (χ2n) is 6.66. The van der Waals surface area contributed by atoms with Gasteiger partial charge in [-0.1, -0.05) is 30.4 Å². The van der Waals surface area contributed by atoms with Crippen LogP contribution in [0.2, 0.25) is 0 Å². The molecule has 0 saturated heterocycles. The van der Waals surface area contributed by atoms with Crippen LogP contribution < -0.4 is 14.4 Å². The second-order valence-corrected chi connectivity index (χ2v) is 7.67. The summed E-state index contributed by atoms with van der Waals surface area (Å²) in [6, 6.07) is 15.1. The summed E-state index contributed by atoms with van der Waals surface area (Å²) in [6.45, 7) is 2.37. The number of para-hydroxylation sites is 1. The Morgan fingerprint density at radius 1 is 1.13 bits per heavy atom. The highest BCUT2D eigenvalue weighted by Gasteiger charge is 2.26. The highest BCUT2D eigenvalue weighted by molar-refractivity contribution is 7.22. The van der Waals surface area contributed by atoms with Crippen LogP contribution in [0.3, 0.4) is 0 Å². The first-order valence-corrected chi connectivity index (χ1v) is 10.4. The molecule has 0 fully saturated rings. The van der Waals surface area contributed by atoms with Gasteiger partial charge in [0.05, 0.1) is 42.8 Å². The predicted octanol–water partition coefficient (Wildman–Crippen LogP) is 5.32.